The van der Waals surface area contributed by atoms with Gasteiger partial charge in [0, 0.05) is 19.2 Å². The van der Waals surface area contributed by atoms with Crippen LogP contribution < -0.4 is 11.1 Å². The normalized spacial score (nSPS) is 22.7. The van der Waals surface area contributed by atoms with Gasteiger partial charge < -0.3 is 15.8 Å². The molecule has 0 saturated carbocycles. The fourth-order valence-corrected chi connectivity index (χ4v) is 1.90. The Morgan fingerprint density at radius 1 is 1.67 bits per heavy atom. The van der Waals surface area contributed by atoms with Crippen LogP contribution in [0.3, 0.4) is 0 Å². The van der Waals surface area contributed by atoms with Gasteiger partial charge in [-0.05, 0) is 19.3 Å². The molecule has 1 amide bonds. The highest BCUT2D eigenvalue weighted by molar-refractivity contribution is 5.76. The van der Waals surface area contributed by atoms with Crippen molar-refractivity contribution in [3.63, 3.8) is 0 Å². The lowest BCUT2D eigenvalue weighted by Gasteiger charge is -2.17. The third-order valence-corrected chi connectivity index (χ3v) is 2.72. The van der Waals surface area contributed by atoms with Crippen LogP contribution in [0.2, 0.25) is 0 Å². The monoisotopic (exact) mass is 214 g/mol. The number of ether oxygens (including phenoxy) is 1. The Bertz CT molecular complexity index is 191. The molecule has 1 fully saturated rings. The lowest BCUT2D eigenvalue weighted by Crippen LogP contribution is -2.41. The highest BCUT2D eigenvalue weighted by Gasteiger charge is 2.20. The van der Waals surface area contributed by atoms with E-state index in [1.54, 1.807) is 0 Å². The van der Waals surface area contributed by atoms with Gasteiger partial charge >= 0.3 is 0 Å². The SMILES string of the molecule is CCCC(CN)NC(=O)CC1CCCO1. The van der Waals surface area contributed by atoms with E-state index in [4.69, 9.17) is 10.5 Å². The lowest BCUT2D eigenvalue weighted by atomic mass is 10.1. The molecular weight excluding hydrogens is 192 g/mol. The van der Waals surface area contributed by atoms with Crippen LogP contribution in [0.25, 0.3) is 0 Å². The molecule has 0 spiro atoms. The first-order valence-corrected chi connectivity index (χ1v) is 5.87. The molecule has 1 aliphatic rings. The first-order chi connectivity index (χ1) is 7.26. The molecule has 1 heterocycles. The number of carbonyl (C=O) groups excluding carboxylic acids is 1. The van der Waals surface area contributed by atoms with Crippen molar-refractivity contribution in [3.8, 4) is 0 Å². The molecule has 1 saturated heterocycles. The van der Waals surface area contributed by atoms with E-state index in [-0.39, 0.29) is 18.1 Å². The number of rotatable bonds is 6. The van der Waals surface area contributed by atoms with E-state index in [1.807, 2.05) is 0 Å². The van der Waals surface area contributed by atoms with E-state index in [0.717, 1.165) is 32.3 Å². The Labute approximate surface area is 91.5 Å². The van der Waals surface area contributed by atoms with E-state index < -0.39 is 0 Å². The molecule has 4 nitrogen and oxygen atoms in total. The van der Waals surface area contributed by atoms with Crippen molar-refractivity contribution in [1.82, 2.24) is 5.32 Å². The number of nitrogens with two attached hydrogens (primary N) is 1. The van der Waals surface area contributed by atoms with Gasteiger partial charge in [0.25, 0.3) is 0 Å². The minimum atomic E-state index is 0.0748. The minimum absolute atomic E-state index is 0.0748. The van der Waals surface area contributed by atoms with Gasteiger partial charge in [-0.3, -0.25) is 4.79 Å². The van der Waals surface area contributed by atoms with Crippen LogP contribution >= 0.6 is 0 Å². The highest BCUT2D eigenvalue weighted by Crippen LogP contribution is 2.15. The minimum Gasteiger partial charge on any atom is -0.378 e. The summed E-state index contributed by atoms with van der Waals surface area (Å²) in [6, 6.07) is 0.129. The fourth-order valence-electron chi connectivity index (χ4n) is 1.90. The molecule has 2 atom stereocenters. The van der Waals surface area contributed by atoms with Crippen LogP contribution in [0.15, 0.2) is 0 Å². The molecule has 1 aliphatic heterocycles. The predicted molar refractivity (Wildman–Crippen MR) is 59.5 cm³/mol. The Hall–Kier alpha value is -0.610. The molecule has 4 heteroatoms. The van der Waals surface area contributed by atoms with Gasteiger partial charge in [-0.25, -0.2) is 0 Å². The van der Waals surface area contributed by atoms with E-state index >= 15 is 0 Å². The average Bonchev–Trinajstić information content (AvgIpc) is 2.69. The summed E-state index contributed by atoms with van der Waals surface area (Å²) in [7, 11) is 0. The van der Waals surface area contributed by atoms with Crippen LogP contribution in [0, 0.1) is 0 Å². The number of hydrogen-bond acceptors (Lipinski definition) is 3. The van der Waals surface area contributed by atoms with Gasteiger partial charge in [0.2, 0.25) is 5.91 Å². The average molecular weight is 214 g/mol. The quantitative estimate of drug-likeness (QED) is 0.687. The largest absolute Gasteiger partial charge is 0.378 e. The standard InChI is InChI=1S/C11H22N2O2/c1-2-4-9(8-12)13-11(14)7-10-5-3-6-15-10/h9-10H,2-8,12H2,1H3,(H,13,14). The number of carbonyl (C=O) groups is 1. The topological polar surface area (TPSA) is 64.3 Å². The maximum Gasteiger partial charge on any atom is 0.222 e. The van der Waals surface area contributed by atoms with E-state index in [2.05, 4.69) is 12.2 Å². The summed E-state index contributed by atoms with van der Waals surface area (Å²) < 4.78 is 5.41. The van der Waals surface area contributed by atoms with Gasteiger partial charge in [-0.1, -0.05) is 13.3 Å². The first-order valence-electron chi connectivity index (χ1n) is 5.87. The van der Waals surface area contributed by atoms with Crippen molar-refractivity contribution in [1.29, 1.82) is 0 Å². The molecule has 0 bridgehead atoms. The molecule has 0 aliphatic carbocycles. The summed E-state index contributed by atoms with van der Waals surface area (Å²) in [6.07, 6.45) is 4.70. The summed E-state index contributed by atoms with van der Waals surface area (Å²) >= 11 is 0. The van der Waals surface area contributed by atoms with Gasteiger partial charge in [0.1, 0.15) is 0 Å². The Balaban J connectivity index is 2.20. The molecule has 0 radical (unpaired) electrons. The maximum absolute atomic E-state index is 11.6. The zero-order chi connectivity index (χ0) is 11.1. The second kappa shape index (κ2) is 6.80. The van der Waals surface area contributed by atoms with E-state index in [0.29, 0.717) is 13.0 Å². The number of nitrogens with one attached hydrogen (secondary N) is 1. The predicted octanol–water partition coefficient (Wildman–Crippen LogP) is 0.799. The van der Waals surface area contributed by atoms with E-state index in [1.165, 1.54) is 0 Å². The summed E-state index contributed by atoms with van der Waals surface area (Å²) in [5, 5.41) is 2.95. The maximum atomic E-state index is 11.6. The van der Waals surface area contributed by atoms with Crippen molar-refractivity contribution in [2.45, 2.75) is 51.2 Å². The zero-order valence-corrected chi connectivity index (χ0v) is 9.50. The van der Waals surface area contributed by atoms with Crippen molar-refractivity contribution >= 4 is 5.91 Å². The van der Waals surface area contributed by atoms with Crippen molar-refractivity contribution in [2.75, 3.05) is 13.2 Å². The highest BCUT2D eigenvalue weighted by atomic mass is 16.5. The molecule has 0 aromatic heterocycles. The zero-order valence-electron chi connectivity index (χ0n) is 9.50. The van der Waals surface area contributed by atoms with Gasteiger partial charge in [-0.15, -0.1) is 0 Å². The third-order valence-electron chi connectivity index (χ3n) is 2.72. The summed E-state index contributed by atoms with van der Waals surface area (Å²) in [5.41, 5.74) is 5.57. The summed E-state index contributed by atoms with van der Waals surface area (Å²) in [5.74, 6) is 0.0748. The van der Waals surface area contributed by atoms with Gasteiger partial charge in [0.05, 0.1) is 12.5 Å². The fraction of sp³-hybridized carbons (Fsp3) is 0.909. The number of hydrogen-bond donors (Lipinski definition) is 2. The molecular formula is C11H22N2O2. The number of amides is 1. The lowest BCUT2D eigenvalue weighted by molar-refractivity contribution is -0.123. The second-order valence-electron chi connectivity index (χ2n) is 4.13. The van der Waals surface area contributed by atoms with Gasteiger partial charge in [-0.2, -0.15) is 0 Å². The molecule has 3 N–H and O–H groups in total. The van der Waals surface area contributed by atoms with Crippen LogP contribution in [-0.2, 0) is 9.53 Å². The van der Waals surface area contributed by atoms with Gasteiger partial charge in [0.15, 0.2) is 0 Å². The molecule has 0 aromatic carbocycles. The molecule has 2 unspecified atom stereocenters. The van der Waals surface area contributed by atoms with E-state index in [9.17, 15) is 4.79 Å². The Kier molecular flexibility index (Phi) is 5.65. The second-order valence-corrected chi connectivity index (χ2v) is 4.13. The molecule has 1 rings (SSSR count). The molecule has 0 aromatic rings. The van der Waals surface area contributed by atoms with Crippen molar-refractivity contribution in [3.05, 3.63) is 0 Å². The van der Waals surface area contributed by atoms with Crippen LogP contribution in [0.1, 0.15) is 39.0 Å². The van der Waals surface area contributed by atoms with Crippen LogP contribution in [-0.4, -0.2) is 31.2 Å². The molecule has 15 heavy (non-hydrogen) atoms. The Morgan fingerprint density at radius 3 is 3.00 bits per heavy atom. The van der Waals surface area contributed by atoms with Crippen LogP contribution in [0.5, 0.6) is 0 Å². The third kappa shape index (κ3) is 4.62. The summed E-state index contributed by atoms with van der Waals surface area (Å²) in [6.45, 7) is 3.41. The first kappa shape index (κ1) is 12.5. The van der Waals surface area contributed by atoms with Crippen molar-refractivity contribution < 1.29 is 9.53 Å². The van der Waals surface area contributed by atoms with Crippen LogP contribution in [0.4, 0.5) is 0 Å². The van der Waals surface area contributed by atoms with Crippen molar-refractivity contribution in [2.24, 2.45) is 5.73 Å². The summed E-state index contributed by atoms with van der Waals surface area (Å²) in [4.78, 5) is 11.6. The Morgan fingerprint density at radius 2 is 2.47 bits per heavy atom. The molecule has 88 valence electrons. The smallest absolute Gasteiger partial charge is 0.222 e.